The molecule has 0 aromatic heterocycles. The lowest BCUT2D eigenvalue weighted by Crippen LogP contribution is -2.52. The Bertz CT molecular complexity index is 746. The Morgan fingerprint density at radius 2 is 1.82 bits per heavy atom. The number of amides is 2. The molecule has 1 atom stereocenters. The van der Waals surface area contributed by atoms with Crippen molar-refractivity contribution in [2.75, 3.05) is 33.3 Å². The van der Waals surface area contributed by atoms with Crippen LogP contribution in [0.2, 0.25) is 0 Å². The number of hydrogen-bond donors (Lipinski definition) is 1. The molecule has 1 N–H and O–H groups in total. The predicted molar refractivity (Wildman–Crippen MR) is 112 cm³/mol. The van der Waals surface area contributed by atoms with Crippen LogP contribution in [0.4, 0.5) is 4.79 Å². The molecule has 5 heteroatoms. The van der Waals surface area contributed by atoms with Crippen LogP contribution in [0.3, 0.4) is 0 Å². The number of benzene rings is 2. The van der Waals surface area contributed by atoms with E-state index in [1.165, 1.54) is 5.56 Å². The van der Waals surface area contributed by atoms with Gasteiger partial charge in [0.1, 0.15) is 5.75 Å². The van der Waals surface area contributed by atoms with Gasteiger partial charge in [-0.2, -0.15) is 0 Å². The molecule has 0 radical (unpaired) electrons. The van der Waals surface area contributed by atoms with Gasteiger partial charge in [0.15, 0.2) is 0 Å². The summed E-state index contributed by atoms with van der Waals surface area (Å²) in [6.07, 6.45) is 0. The first-order valence-corrected chi connectivity index (χ1v) is 10.0. The molecule has 5 nitrogen and oxygen atoms in total. The van der Waals surface area contributed by atoms with Gasteiger partial charge in [0, 0.05) is 26.2 Å². The molecule has 0 aliphatic carbocycles. The van der Waals surface area contributed by atoms with Gasteiger partial charge in [-0.3, -0.25) is 0 Å². The lowest BCUT2D eigenvalue weighted by atomic mass is 10.0. The van der Waals surface area contributed by atoms with Crippen molar-refractivity contribution in [2.24, 2.45) is 5.92 Å². The Balaban J connectivity index is 1.58. The average molecular weight is 382 g/mol. The molecule has 2 amide bonds. The van der Waals surface area contributed by atoms with Crippen molar-refractivity contribution in [2.45, 2.75) is 26.4 Å². The number of nitrogens with one attached hydrogen (secondary N) is 1. The summed E-state index contributed by atoms with van der Waals surface area (Å²) >= 11 is 0. The molecule has 28 heavy (non-hydrogen) atoms. The Morgan fingerprint density at radius 1 is 1.11 bits per heavy atom. The minimum absolute atomic E-state index is 0.0120. The lowest BCUT2D eigenvalue weighted by molar-refractivity contribution is 0.108. The van der Waals surface area contributed by atoms with Crippen LogP contribution in [0.15, 0.2) is 54.6 Å². The molecule has 1 unspecified atom stereocenters. The van der Waals surface area contributed by atoms with E-state index in [9.17, 15) is 4.79 Å². The molecular weight excluding hydrogens is 350 g/mol. The second-order valence-corrected chi connectivity index (χ2v) is 7.89. The topological polar surface area (TPSA) is 44.8 Å². The molecule has 2 aromatic carbocycles. The van der Waals surface area contributed by atoms with Crippen LogP contribution < -0.4 is 10.1 Å². The van der Waals surface area contributed by atoms with E-state index in [0.717, 1.165) is 30.9 Å². The van der Waals surface area contributed by atoms with Gasteiger partial charge in [-0.15, -0.1) is 0 Å². The molecule has 1 aliphatic heterocycles. The number of urea groups is 1. The Labute approximate surface area is 168 Å². The van der Waals surface area contributed by atoms with Crippen molar-refractivity contribution in [1.82, 2.24) is 15.1 Å². The maximum Gasteiger partial charge on any atom is 0.318 e. The zero-order valence-electron chi connectivity index (χ0n) is 17.1. The fourth-order valence-corrected chi connectivity index (χ4v) is 3.37. The van der Waals surface area contributed by atoms with Crippen molar-refractivity contribution in [3.05, 3.63) is 65.7 Å². The summed E-state index contributed by atoms with van der Waals surface area (Å²) in [5.41, 5.74) is 2.24. The highest BCUT2D eigenvalue weighted by Gasteiger charge is 2.29. The third-order valence-electron chi connectivity index (χ3n) is 4.98. The van der Waals surface area contributed by atoms with Crippen molar-refractivity contribution < 1.29 is 9.53 Å². The fourth-order valence-electron chi connectivity index (χ4n) is 3.37. The van der Waals surface area contributed by atoms with E-state index in [2.05, 4.69) is 43.2 Å². The van der Waals surface area contributed by atoms with Crippen LogP contribution in [0.1, 0.15) is 31.0 Å². The normalized spacial score (nSPS) is 17.6. The lowest BCUT2D eigenvalue weighted by Gasteiger charge is -2.40. The van der Waals surface area contributed by atoms with E-state index in [1.54, 1.807) is 0 Å². The molecular formula is C23H31N3O2. The third-order valence-corrected chi connectivity index (χ3v) is 4.98. The monoisotopic (exact) mass is 381 g/mol. The highest BCUT2D eigenvalue weighted by Crippen LogP contribution is 2.25. The molecule has 150 valence electrons. The molecule has 1 heterocycles. The van der Waals surface area contributed by atoms with E-state index < -0.39 is 0 Å². The first kappa shape index (κ1) is 20.2. The predicted octanol–water partition coefficient (Wildman–Crippen LogP) is 3.92. The standard InChI is InChI=1S/C23H31N3O2/c1-18(2)17-28-21-11-9-19(10-12-21)15-24-23(27)26-14-13-25(3)16-22(26)20-7-5-4-6-8-20/h4-12,18,22H,13-17H2,1-3H3,(H,24,27). The quantitative estimate of drug-likeness (QED) is 0.825. The highest BCUT2D eigenvalue weighted by atomic mass is 16.5. The van der Waals surface area contributed by atoms with Crippen molar-refractivity contribution in [1.29, 1.82) is 0 Å². The number of piperazine rings is 1. The molecule has 1 aliphatic rings. The Hall–Kier alpha value is -2.53. The Kier molecular flexibility index (Phi) is 6.93. The van der Waals surface area contributed by atoms with Gasteiger partial charge < -0.3 is 19.9 Å². The van der Waals surface area contributed by atoms with Gasteiger partial charge in [0.2, 0.25) is 0 Å². The van der Waals surface area contributed by atoms with Gasteiger partial charge in [-0.25, -0.2) is 4.79 Å². The Morgan fingerprint density at radius 3 is 2.50 bits per heavy atom. The van der Waals surface area contributed by atoms with Crippen LogP contribution in [-0.4, -0.2) is 49.1 Å². The number of ether oxygens (including phenoxy) is 1. The van der Waals surface area contributed by atoms with Gasteiger partial charge in [-0.1, -0.05) is 56.3 Å². The number of likely N-dealkylation sites (N-methyl/N-ethyl adjacent to an activating group) is 1. The van der Waals surface area contributed by atoms with Crippen LogP contribution in [0.25, 0.3) is 0 Å². The summed E-state index contributed by atoms with van der Waals surface area (Å²) in [4.78, 5) is 17.1. The number of carbonyl (C=O) groups is 1. The van der Waals surface area contributed by atoms with Crippen molar-refractivity contribution >= 4 is 6.03 Å². The SMILES string of the molecule is CC(C)COc1ccc(CNC(=O)N2CCN(C)CC2c2ccccc2)cc1. The van der Waals surface area contributed by atoms with Gasteiger partial charge in [-0.05, 0) is 36.2 Å². The summed E-state index contributed by atoms with van der Waals surface area (Å²) < 4.78 is 5.72. The molecule has 0 bridgehead atoms. The number of hydrogen-bond acceptors (Lipinski definition) is 3. The van der Waals surface area contributed by atoms with Gasteiger partial charge >= 0.3 is 6.03 Å². The summed E-state index contributed by atoms with van der Waals surface area (Å²) in [5, 5.41) is 3.08. The summed E-state index contributed by atoms with van der Waals surface area (Å²) in [7, 11) is 2.11. The summed E-state index contributed by atoms with van der Waals surface area (Å²) in [6, 6.07) is 18.3. The maximum absolute atomic E-state index is 12.9. The van der Waals surface area contributed by atoms with E-state index in [4.69, 9.17) is 4.74 Å². The van der Waals surface area contributed by atoms with E-state index in [-0.39, 0.29) is 12.1 Å². The number of nitrogens with zero attached hydrogens (tertiary/aromatic N) is 2. The van der Waals surface area contributed by atoms with E-state index >= 15 is 0 Å². The molecule has 0 spiro atoms. The third kappa shape index (κ3) is 5.49. The van der Waals surface area contributed by atoms with Gasteiger partial charge in [0.05, 0.1) is 12.6 Å². The zero-order valence-corrected chi connectivity index (χ0v) is 17.1. The van der Waals surface area contributed by atoms with Crippen molar-refractivity contribution in [3.63, 3.8) is 0 Å². The smallest absolute Gasteiger partial charge is 0.318 e. The van der Waals surface area contributed by atoms with Crippen LogP contribution >= 0.6 is 0 Å². The minimum Gasteiger partial charge on any atom is -0.493 e. The second kappa shape index (κ2) is 9.60. The first-order valence-electron chi connectivity index (χ1n) is 10.0. The molecule has 0 saturated carbocycles. The van der Waals surface area contributed by atoms with E-state index in [1.807, 2.05) is 47.4 Å². The number of carbonyl (C=O) groups excluding carboxylic acids is 1. The molecule has 3 rings (SSSR count). The first-order chi connectivity index (χ1) is 13.5. The largest absolute Gasteiger partial charge is 0.493 e. The van der Waals surface area contributed by atoms with E-state index in [0.29, 0.717) is 19.1 Å². The van der Waals surface area contributed by atoms with Crippen LogP contribution in [0.5, 0.6) is 5.75 Å². The van der Waals surface area contributed by atoms with Crippen molar-refractivity contribution in [3.8, 4) is 5.75 Å². The summed E-state index contributed by atoms with van der Waals surface area (Å²) in [6.45, 7) is 7.94. The minimum atomic E-state index is -0.0120. The van der Waals surface area contributed by atoms with Crippen LogP contribution in [-0.2, 0) is 6.54 Å². The average Bonchev–Trinajstić information content (AvgIpc) is 2.71. The molecule has 1 fully saturated rings. The fraction of sp³-hybridized carbons (Fsp3) is 0.435. The number of rotatable bonds is 6. The molecule has 1 saturated heterocycles. The van der Waals surface area contributed by atoms with Gasteiger partial charge in [0.25, 0.3) is 0 Å². The maximum atomic E-state index is 12.9. The second-order valence-electron chi connectivity index (χ2n) is 7.89. The molecule has 2 aromatic rings. The highest BCUT2D eigenvalue weighted by molar-refractivity contribution is 5.75. The van der Waals surface area contributed by atoms with Crippen LogP contribution in [0, 0.1) is 5.92 Å². The summed E-state index contributed by atoms with van der Waals surface area (Å²) in [5.74, 6) is 1.37. The zero-order chi connectivity index (χ0) is 19.9.